The fourth-order valence-corrected chi connectivity index (χ4v) is 3.23. The van der Waals surface area contributed by atoms with Crippen molar-refractivity contribution in [2.45, 2.75) is 6.42 Å². The van der Waals surface area contributed by atoms with Crippen molar-refractivity contribution in [3.05, 3.63) is 76.3 Å². The molecule has 0 aliphatic carbocycles. The van der Waals surface area contributed by atoms with Gasteiger partial charge in [-0.2, -0.15) is 0 Å². The molecule has 0 saturated carbocycles. The van der Waals surface area contributed by atoms with Crippen molar-refractivity contribution in [2.24, 2.45) is 0 Å². The van der Waals surface area contributed by atoms with Gasteiger partial charge in [0.25, 0.3) is 5.91 Å². The zero-order valence-electron chi connectivity index (χ0n) is 12.3. The molecule has 0 aliphatic rings. The summed E-state index contributed by atoms with van der Waals surface area (Å²) in [6, 6.07) is 17.5. The van der Waals surface area contributed by atoms with E-state index < -0.39 is 0 Å². The molecule has 0 aliphatic heterocycles. The van der Waals surface area contributed by atoms with Gasteiger partial charge in [-0.3, -0.25) is 4.79 Å². The van der Waals surface area contributed by atoms with E-state index in [1.54, 1.807) is 5.38 Å². The van der Waals surface area contributed by atoms with Crippen LogP contribution in [0.5, 0.6) is 0 Å². The second-order valence-corrected chi connectivity index (χ2v) is 6.27. The molecule has 0 spiro atoms. The molecular weight excluding hydrogens is 328 g/mol. The molecule has 1 aromatic heterocycles. The van der Waals surface area contributed by atoms with E-state index in [4.69, 9.17) is 11.6 Å². The molecule has 0 bridgehead atoms. The fourth-order valence-electron chi connectivity index (χ4n) is 2.19. The van der Waals surface area contributed by atoms with Crippen LogP contribution >= 0.6 is 22.9 Å². The lowest BCUT2D eigenvalue weighted by Gasteiger charge is -2.05. The Hall–Kier alpha value is -2.17. The van der Waals surface area contributed by atoms with Crippen LogP contribution in [0.2, 0.25) is 5.02 Å². The first-order chi connectivity index (χ1) is 11.2. The van der Waals surface area contributed by atoms with Crippen molar-refractivity contribution in [1.82, 2.24) is 10.3 Å². The van der Waals surface area contributed by atoms with E-state index in [2.05, 4.69) is 10.3 Å². The van der Waals surface area contributed by atoms with Crippen molar-refractivity contribution in [2.75, 3.05) is 6.54 Å². The fraction of sp³-hybridized carbons (Fsp3) is 0.111. The number of rotatable bonds is 5. The number of nitrogens with zero attached hydrogens (tertiary/aromatic N) is 1. The average molecular weight is 343 g/mol. The van der Waals surface area contributed by atoms with Crippen LogP contribution in [0.25, 0.3) is 10.6 Å². The molecule has 0 saturated heterocycles. The highest BCUT2D eigenvalue weighted by molar-refractivity contribution is 7.13. The average Bonchev–Trinajstić information content (AvgIpc) is 3.07. The number of carbonyl (C=O) groups is 1. The summed E-state index contributed by atoms with van der Waals surface area (Å²) < 4.78 is 0. The molecule has 0 atom stereocenters. The molecule has 1 heterocycles. The molecule has 1 amide bonds. The highest BCUT2D eigenvalue weighted by atomic mass is 35.5. The number of carbonyl (C=O) groups excluding carboxylic acids is 1. The Morgan fingerprint density at radius 3 is 2.61 bits per heavy atom. The van der Waals surface area contributed by atoms with Gasteiger partial charge in [0.05, 0.1) is 0 Å². The van der Waals surface area contributed by atoms with E-state index >= 15 is 0 Å². The Morgan fingerprint density at radius 2 is 1.83 bits per heavy atom. The number of halogens is 1. The monoisotopic (exact) mass is 342 g/mol. The minimum Gasteiger partial charge on any atom is -0.350 e. The van der Waals surface area contributed by atoms with Crippen molar-refractivity contribution in [1.29, 1.82) is 0 Å². The van der Waals surface area contributed by atoms with Gasteiger partial charge in [-0.1, -0.05) is 60.1 Å². The summed E-state index contributed by atoms with van der Waals surface area (Å²) in [7, 11) is 0. The van der Waals surface area contributed by atoms with Gasteiger partial charge in [0.15, 0.2) is 0 Å². The van der Waals surface area contributed by atoms with E-state index in [0.717, 1.165) is 21.2 Å². The number of hydrogen-bond donors (Lipinski definition) is 1. The minimum atomic E-state index is -0.157. The summed E-state index contributed by atoms with van der Waals surface area (Å²) in [5.41, 5.74) is 2.50. The quantitative estimate of drug-likeness (QED) is 0.745. The number of hydrogen-bond acceptors (Lipinski definition) is 3. The van der Waals surface area contributed by atoms with Gasteiger partial charge in [0, 0.05) is 22.5 Å². The second-order valence-electron chi connectivity index (χ2n) is 5.00. The topological polar surface area (TPSA) is 42.0 Å². The van der Waals surface area contributed by atoms with E-state index in [1.165, 1.54) is 11.3 Å². The lowest BCUT2D eigenvalue weighted by molar-refractivity contribution is 0.0950. The number of amides is 1. The Labute approximate surface area is 144 Å². The minimum absolute atomic E-state index is 0.157. The number of aromatic nitrogens is 1. The van der Waals surface area contributed by atoms with Gasteiger partial charge >= 0.3 is 0 Å². The third-order valence-electron chi connectivity index (χ3n) is 3.40. The Kier molecular flexibility index (Phi) is 5.05. The summed E-state index contributed by atoms with van der Waals surface area (Å²) >= 11 is 7.57. The van der Waals surface area contributed by atoms with Gasteiger partial charge in [-0.05, 0) is 18.1 Å². The Morgan fingerprint density at radius 1 is 1.09 bits per heavy atom. The lowest BCUT2D eigenvalue weighted by atomic mass is 10.1. The highest BCUT2D eigenvalue weighted by Gasteiger charge is 2.11. The van der Waals surface area contributed by atoms with Crippen LogP contribution in [-0.4, -0.2) is 17.4 Å². The lowest BCUT2D eigenvalue weighted by Crippen LogP contribution is -2.26. The molecule has 3 rings (SSSR count). The molecule has 3 nitrogen and oxygen atoms in total. The van der Waals surface area contributed by atoms with Gasteiger partial charge in [-0.15, -0.1) is 11.3 Å². The van der Waals surface area contributed by atoms with Gasteiger partial charge in [-0.25, -0.2) is 4.98 Å². The van der Waals surface area contributed by atoms with Gasteiger partial charge in [0.1, 0.15) is 10.7 Å². The summed E-state index contributed by atoms with van der Waals surface area (Å²) in [6.45, 7) is 0.529. The number of thiazole rings is 1. The Balaban J connectivity index is 1.59. The van der Waals surface area contributed by atoms with Crippen LogP contribution < -0.4 is 5.32 Å². The van der Waals surface area contributed by atoms with E-state index in [9.17, 15) is 4.79 Å². The predicted molar refractivity (Wildman–Crippen MR) is 95.0 cm³/mol. The van der Waals surface area contributed by atoms with E-state index in [0.29, 0.717) is 18.7 Å². The standard InChI is InChI=1S/C18H15ClN2OS/c19-15-9-5-4-6-13(15)10-11-20-17(22)16-12-23-18(21-16)14-7-2-1-3-8-14/h1-9,12H,10-11H2,(H,20,22). The molecule has 0 fully saturated rings. The second kappa shape index (κ2) is 7.40. The molecule has 3 aromatic rings. The van der Waals surface area contributed by atoms with Crippen molar-refractivity contribution >= 4 is 28.8 Å². The van der Waals surface area contributed by atoms with Crippen LogP contribution in [0, 0.1) is 0 Å². The molecule has 1 N–H and O–H groups in total. The maximum absolute atomic E-state index is 12.2. The van der Waals surface area contributed by atoms with Crippen LogP contribution in [0.3, 0.4) is 0 Å². The van der Waals surface area contributed by atoms with E-state index in [1.807, 2.05) is 54.6 Å². The normalized spacial score (nSPS) is 10.5. The number of benzene rings is 2. The third-order valence-corrected chi connectivity index (χ3v) is 4.66. The van der Waals surface area contributed by atoms with Crippen LogP contribution in [-0.2, 0) is 6.42 Å². The summed E-state index contributed by atoms with van der Waals surface area (Å²) in [6.07, 6.45) is 0.696. The highest BCUT2D eigenvalue weighted by Crippen LogP contribution is 2.23. The zero-order chi connectivity index (χ0) is 16.1. The predicted octanol–water partition coefficient (Wildman–Crippen LogP) is 4.44. The first-order valence-electron chi connectivity index (χ1n) is 7.26. The first-order valence-corrected chi connectivity index (χ1v) is 8.52. The maximum atomic E-state index is 12.2. The molecule has 116 valence electrons. The van der Waals surface area contributed by atoms with Crippen LogP contribution in [0.1, 0.15) is 16.1 Å². The zero-order valence-corrected chi connectivity index (χ0v) is 13.9. The molecule has 23 heavy (non-hydrogen) atoms. The van der Waals surface area contributed by atoms with Gasteiger partial charge in [0.2, 0.25) is 0 Å². The van der Waals surface area contributed by atoms with Crippen LogP contribution in [0.4, 0.5) is 0 Å². The van der Waals surface area contributed by atoms with Crippen molar-refractivity contribution in [3.8, 4) is 10.6 Å². The SMILES string of the molecule is O=C(NCCc1ccccc1Cl)c1csc(-c2ccccc2)n1. The molecular formula is C18H15ClN2OS. The van der Waals surface area contributed by atoms with Gasteiger partial charge < -0.3 is 5.32 Å². The van der Waals surface area contributed by atoms with Crippen molar-refractivity contribution < 1.29 is 4.79 Å². The smallest absolute Gasteiger partial charge is 0.270 e. The molecule has 0 unspecified atom stereocenters. The van der Waals surface area contributed by atoms with Crippen LogP contribution in [0.15, 0.2) is 60.0 Å². The molecule has 2 aromatic carbocycles. The molecule has 5 heteroatoms. The largest absolute Gasteiger partial charge is 0.350 e. The summed E-state index contributed by atoms with van der Waals surface area (Å²) in [4.78, 5) is 16.6. The number of nitrogens with one attached hydrogen (secondary N) is 1. The molecule has 0 radical (unpaired) electrons. The summed E-state index contributed by atoms with van der Waals surface area (Å²) in [5, 5.41) is 6.24. The van der Waals surface area contributed by atoms with E-state index in [-0.39, 0.29) is 5.91 Å². The van der Waals surface area contributed by atoms with Crippen molar-refractivity contribution in [3.63, 3.8) is 0 Å². The first kappa shape index (κ1) is 15.7. The third kappa shape index (κ3) is 3.97. The maximum Gasteiger partial charge on any atom is 0.270 e. The Bertz CT molecular complexity index is 802. The summed E-state index contributed by atoms with van der Waals surface area (Å²) in [5.74, 6) is -0.157.